The molecule has 8 heteroatoms. The van der Waals surface area contributed by atoms with Gasteiger partial charge in [-0.15, -0.1) is 24.8 Å². The standard InChI is InChI=1S/C18H13N3O3.2ClH/c1-24-15-7-5-12(11-3-2-8-19-16(11)15)17-20-13-6-4-10(18(22)23)9-14(13)21-17;;/h2-9H,1H3,(H,20,21)(H,22,23);2*1H. The Bertz CT molecular complexity index is 1100. The smallest absolute Gasteiger partial charge is 0.335 e. The summed E-state index contributed by atoms with van der Waals surface area (Å²) in [5.74, 6) is 0.388. The minimum atomic E-state index is -0.966. The van der Waals surface area contributed by atoms with Crippen LogP contribution < -0.4 is 4.74 Å². The molecule has 0 amide bonds. The van der Waals surface area contributed by atoms with E-state index in [1.165, 1.54) is 0 Å². The molecule has 2 aromatic heterocycles. The number of halogens is 2. The fraction of sp³-hybridized carbons (Fsp3) is 0.0556. The number of hydrogen-bond acceptors (Lipinski definition) is 4. The van der Waals surface area contributed by atoms with E-state index in [1.807, 2.05) is 24.3 Å². The van der Waals surface area contributed by atoms with Gasteiger partial charge in [-0.1, -0.05) is 6.07 Å². The van der Waals surface area contributed by atoms with Gasteiger partial charge < -0.3 is 14.8 Å². The van der Waals surface area contributed by atoms with Crippen molar-refractivity contribution in [2.45, 2.75) is 0 Å². The summed E-state index contributed by atoms with van der Waals surface area (Å²) in [7, 11) is 1.61. The van der Waals surface area contributed by atoms with Crippen molar-refractivity contribution in [3.05, 3.63) is 54.2 Å². The summed E-state index contributed by atoms with van der Waals surface area (Å²) >= 11 is 0. The van der Waals surface area contributed by atoms with Crippen molar-refractivity contribution in [2.75, 3.05) is 7.11 Å². The lowest BCUT2D eigenvalue weighted by Gasteiger charge is -2.07. The van der Waals surface area contributed by atoms with Crippen LogP contribution in [0, 0.1) is 0 Å². The number of fused-ring (bicyclic) bond motifs is 2. The van der Waals surface area contributed by atoms with E-state index >= 15 is 0 Å². The molecule has 0 bridgehead atoms. The van der Waals surface area contributed by atoms with E-state index in [1.54, 1.807) is 31.5 Å². The molecule has 4 rings (SSSR count). The van der Waals surface area contributed by atoms with E-state index in [0.717, 1.165) is 16.5 Å². The van der Waals surface area contributed by atoms with Crippen molar-refractivity contribution in [1.82, 2.24) is 15.0 Å². The Balaban J connectivity index is 0.00000121. The number of carboxylic acid groups (broad SMARTS) is 1. The molecule has 2 aromatic carbocycles. The van der Waals surface area contributed by atoms with Crippen LogP contribution >= 0.6 is 24.8 Å². The highest BCUT2D eigenvalue weighted by Crippen LogP contribution is 2.32. The topological polar surface area (TPSA) is 88.1 Å². The maximum atomic E-state index is 11.1. The Morgan fingerprint density at radius 3 is 2.69 bits per heavy atom. The van der Waals surface area contributed by atoms with Crippen molar-refractivity contribution < 1.29 is 14.6 Å². The summed E-state index contributed by atoms with van der Waals surface area (Å²) in [5, 5.41) is 10.0. The van der Waals surface area contributed by atoms with Crippen molar-refractivity contribution >= 4 is 52.7 Å². The second kappa shape index (κ2) is 7.59. The lowest BCUT2D eigenvalue weighted by molar-refractivity contribution is 0.0697. The summed E-state index contributed by atoms with van der Waals surface area (Å²) in [6.45, 7) is 0. The van der Waals surface area contributed by atoms with E-state index in [9.17, 15) is 4.79 Å². The first-order valence-electron chi connectivity index (χ1n) is 7.32. The number of aromatic nitrogens is 3. The van der Waals surface area contributed by atoms with Crippen LogP contribution in [0.25, 0.3) is 33.3 Å². The van der Waals surface area contributed by atoms with Gasteiger partial charge in [0.05, 0.1) is 23.7 Å². The van der Waals surface area contributed by atoms with Crippen LogP contribution in [0.4, 0.5) is 0 Å². The van der Waals surface area contributed by atoms with Crippen LogP contribution in [0.2, 0.25) is 0 Å². The minimum absolute atomic E-state index is 0. The fourth-order valence-corrected chi connectivity index (χ4v) is 2.79. The van der Waals surface area contributed by atoms with Gasteiger partial charge in [0.2, 0.25) is 0 Å². The summed E-state index contributed by atoms with van der Waals surface area (Å²) in [6.07, 6.45) is 1.71. The van der Waals surface area contributed by atoms with Crippen molar-refractivity contribution in [3.8, 4) is 17.1 Å². The fourth-order valence-electron chi connectivity index (χ4n) is 2.79. The summed E-state index contributed by atoms with van der Waals surface area (Å²) < 4.78 is 5.36. The zero-order valence-electron chi connectivity index (χ0n) is 13.6. The number of carboxylic acids is 1. The molecule has 0 spiro atoms. The SMILES string of the molecule is COc1ccc(-c2nc3ccc(C(=O)O)cc3[nH]2)c2cccnc12.Cl.Cl. The van der Waals surface area contributed by atoms with Crippen LogP contribution in [-0.4, -0.2) is 33.1 Å². The van der Waals surface area contributed by atoms with E-state index in [0.29, 0.717) is 22.6 Å². The number of aromatic carboxylic acids is 1. The normalized spacial score (nSPS) is 10.2. The van der Waals surface area contributed by atoms with Crippen LogP contribution in [0.1, 0.15) is 10.4 Å². The Morgan fingerprint density at radius 1 is 1.15 bits per heavy atom. The lowest BCUT2D eigenvalue weighted by Crippen LogP contribution is -1.94. The Morgan fingerprint density at radius 2 is 1.96 bits per heavy atom. The third kappa shape index (κ3) is 3.16. The van der Waals surface area contributed by atoms with Crippen LogP contribution in [0.15, 0.2) is 48.7 Å². The zero-order valence-corrected chi connectivity index (χ0v) is 15.2. The predicted octanol–water partition coefficient (Wildman–Crippen LogP) is 4.33. The Labute approximate surface area is 161 Å². The van der Waals surface area contributed by atoms with Crippen molar-refractivity contribution in [3.63, 3.8) is 0 Å². The number of nitrogens with one attached hydrogen (secondary N) is 1. The zero-order chi connectivity index (χ0) is 16.7. The van der Waals surface area contributed by atoms with Gasteiger partial charge in [0.1, 0.15) is 17.1 Å². The molecule has 0 aliphatic heterocycles. The highest BCUT2D eigenvalue weighted by atomic mass is 35.5. The number of aromatic amines is 1. The largest absolute Gasteiger partial charge is 0.494 e. The molecule has 2 heterocycles. The second-order valence-electron chi connectivity index (χ2n) is 5.34. The number of pyridine rings is 1. The first-order valence-corrected chi connectivity index (χ1v) is 7.32. The molecule has 2 N–H and O–H groups in total. The molecule has 134 valence electrons. The highest BCUT2D eigenvalue weighted by molar-refractivity contribution is 5.98. The van der Waals surface area contributed by atoms with Gasteiger partial charge >= 0.3 is 5.97 Å². The van der Waals surface area contributed by atoms with Gasteiger partial charge in [-0.25, -0.2) is 9.78 Å². The molecular formula is C18H15Cl2N3O3. The first-order chi connectivity index (χ1) is 11.7. The number of benzene rings is 2. The van der Waals surface area contributed by atoms with E-state index in [2.05, 4.69) is 15.0 Å². The molecule has 0 aliphatic rings. The van der Waals surface area contributed by atoms with Gasteiger partial charge in [-0.3, -0.25) is 4.98 Å². The van der Waals surface area contributed by atoms with E-state index in [4.69, 9.17) is 9.84 Å². The van der Waals surface area contributed by atoms with Gasteiger partial charge in [-0.2, -0.15) is 0 Å². The molecule has 0 atom stereocenters. The number of H-pyrrole nitrogens is 1. The molecule has 0 aliphatic carbocycles. The molecule has 0 saturated carbocycles. The van der Waals surface area contributed by atoms with Crippen molar-refractivity contribution in [1.29, 1.82) is 0 Å². The Hall–Kier alpha value is -2.83. The molecule has 4 aromatic rings. The maximum absolute atomic E-state index is 11.1. The quantitative estimate of drug-likeness (QED) is 0.542. The molecule has 0 unspecified atom stereocenters. The minimum Gasteiger partial charge on any atom is -0.494 e. The van der Waals surface area contributed by atoms with Gasteiger partial charge in [-0.05, 0) is 36.4 Å². The lowest BCUT2D eigenvalue weighted by atomic mass is 10.1. The highest BCUT2D eigenvalue weighted by Gasteiger charge is 2.13. The van der Waals surface area contributed by atoms with Gasteiger partial charge in [0.15, 0.2) is 0 Å². The second-order valence-corrected chi connectivity index (χ2v) is 5.34. The van der Waals surface area contributed by atoms with Crippen LogP contribution in [-0.2, 0) is 0 Å². The number of imidazole rings is 1. The van der Waals surface area contributed by atoms with Crippen LogP contribution in [0.3, 0.4) is 0 Å². The number of hydrogen-bond donors (Lipinski definition) is 2. The third-order valence-corrected chi connectivity index (χ3v) is 3.94. The number of nitrogens with zero attached hydrogens (tertiary/aromatic N) is 2. The molecule has 0 radical (unpaired) electrons. The number of methoxy groups -OCH3 is 1. The van der Waals surface area contributed by atoms with E-state index < -0.39 is 5.97 Å². The monoisotopic (exact) mass is 391 g/mol. The average Bonchev–Trinajstić information content (AvgIpc) is 3.03. The maximum Gasteiger partial charge on any atom is 0.335 e. The van der Waals surface area contributed by atoms with Gasteiger partial charge in [0, 0.05) is 17.1 Å². The molecule has 6 nitrogen and oxygen atoms in total. The molecule has 0 saturated heterocycles. The third-order valence-electron chi connectivity index (χ3n) is 3.94. The number of ether oxygens (including phenoxy) is 1. The summed E-state index contributed by atoms with van der Waals surface area (Å²) in [5.41, 5.74) is 3.25. The number of rotatable bonds is 3. The van der Waals surface area contributed by atoms with Gasteiger partial charge in [0.25, 0.3) is 0 Å². The summed E-state index contributed by atoms with van der Waals surface area (Å²) in [6, 6.07) is 12.4. The van der Waals surface area contributed by atoms with E-state index in [-0.39, 0.29) is 30.4 Å². The number of carbonyl (C=O) groups is 1. The first kappa shape index (κ1) is 19.5. The van der Waals surface area contributed by atoms with Crippen LogP contribution in [0.5, 0.6) is 5.75 Å². The predicted molar refractivity (Wildman–Crippen MR) is 105 cm³/mol. The average molecular weight is 392 g/mol. The molecule has 0 fully saturated rings. The molecule has 26 heavy (non-hydrogen) atoms. The Kier molecular flexibility index (Phi) is 5.69. The molecular weight excluding hydrogens is 377 g/mol. The van der Waals surface area contributed by atoms with Crippen molar-refractivity contribution in [2.24, 2.45) is 0 Å². The summed E-state index contributed by atoms with van der Waals surface area (Å²) in [4.78, 5) is 23.3.